The minimum Gasteiger partial charge on any atom is -0.237 e. The summed E-state index contributed by atoms with van der Waals surface area (Å²) in [5.41, 5.74) is 7.83. The molecule has 2 heterocycles. The van der Waals surface area contributed by atoms with Crippen LogP contribution in [0.25, 0.3) is 66.1 Å². The maximum absolute atomic E-state index is 10.2. The average Bonchev–Trinajstić information content (AvgIpc) is 3.63. The lowest BCUT2D eigenvalue weighted by molar-refractivity contribution is 1.17. The van der Waals surface area contributed by atoms with Gasteiger partial charge in [-0.2, -0.15) is 0 Å². The molecule has 0 saturated carbocycles. The van der Waals surface area contributed by atoms with Crippen LogP contribution in [0.2, 0.25) is 0 Å². The number of aromatic nitrogens is 4. The third kappa shape index (κ3) is 3.44. The summed E-state index contributed by atoms with van der Waals surface area (Å²) in [6, 6.07) is 19.5. The number of nitrogens with zero attached hydrogens (tertiary/aromatic N) is 8. The van der Waals surface area contributed by atoms with Crippen LogP contribution in [0.4, 0.5) is 0 Å². The molecule has 2 aliphatic rings. The fraction of sp³-hybridized carbons (Fsp3) is 0.0588. The van der Waals surface area contributed by atoms with Crippen LogP contribution >= 0.6 is 0 Å². The van der Waals surface area contributed by atoms with Crippen molar-refractivity contribution in [3.63, 3.8) is 0 Å². The first-order valence-corrected chi connectivity index (χ1v) is 13.0. The van der Waals surface area contributed by atoms with Crippen molar-refractivity contribution in [3.05, 3.63) is 129 Å². The van der Waals surface area contributed by atoms with Gasteiger partial charge < -0.3 is 0 Å². The first-order chi connectivity index (χ1) is 20.7. The maximum Gasteiger partial charge on any atom is 0.269 e. The summed E-state index contributed by atoms with van der Waals surface area (Å²) in [6.45, 7) is 16.0. The highest BCUT2D eigenvalue weighted by Crippen LogP contribution is 2.45. The summed E-state index contributed by atoms with van der Waals surface area (Å²) >= 11 is 0. The molecule has 0 bridgehead atoms. The molecule has 8 nitrogen and oxygen atoms in total. The molecular formula is C34H16N8. The second kappa shape index (κ2) is 9.61. The van der Waals surface area contributed by atoms with E-state index in [0.717, 1.165) is 44.5 Å². The van der Waals surface area contributed by atoms with Crippen LogP contribution in [0.3, 0.4) is 0 Å². The molecule has 42 heavy (non-hydrogen) atoms. The Bertz CT molecular complexity index is 2080. The maximum atomic E-state index is 10.2. The molecule has 0 radical (unpaired) electrons. The monoisotopic (exact) mass is 536 g/mol. The first kappa shape index (κ1) is 24.6. The van der Waals surface area contributed by atoms with Crippen molar-refractivity contribution < 1.29 is 0 Å². The van der Waals surface area contributed by atoms with E-state index in [4.69, 9.17) is 13.1 Å². The normalized spacial score (nSPS) is 13.2. The van der Waals surface area contributed by atoms with Gasteiger partial charge in [-0.3, -0.25) is 0 Å². The van der Waals surface area contributed by atoms with Gasteiger partial charge in [0.2, 0.25) is 0 Å². The molecule has 0 N–H and O–H groups in total. The SMILES string of the molecule is [C-]#[N+]/C(C#N)=c1/c2c(/c(=C(\C#N)[N+]#[C-])c3c1-c1c(cccc1-c1ncccn1)C3)-c1c(cccc1-c1ncccn1)C2. The molecule has 5 aromatic rings. The highest BCUT2D eigenvalue weighted by molar-refractivity contribution is 5.98. The van der Waals surface area contributed by atoms with Gasteiger partial charge in [-0.25, -0.2) is 40.1 Å². The Kier molecular flexibility index (Phi) is 5.62. The number of nitriles is 2. The van der Waals surface area contributed by atoms with Crippen molar-refractivity contribution >= 4 is 11.4 Å². The summed E-state index contributed by atoms with van der Waals surface area (Å²) < 4.78 is 0. The third-order valence-electron chi connectivity index (χ3n) is 7.77. The summed E-state index contributed by atoms with van der Waals surface area (Å²) in [5, 5.41) is 21.5. The Morgan fingerprint density at radius 2 is 1.00 bits per heavy atom. The predicted octanol–water partition coefficient (Wildman–Crippen LogP) is 4.85. The van der Waals surface area contributed by atoms with Crippen LogP contribution in [0.5, 0.6) is 0 Å². The van der Waals surface area contributed by atoms with E-state index >= 15 is 0 Å². The highest BCUT2D eigenvalue weighted by Gasteiger charge is 2.34. The largest absolute Gasteiger partial charge is 0.269 e. The van der Waals surface area contributed by atoms with Gasteiger partial charge in [-0.05, 0) is 69.5 Å². The van der Waals surface area contributed by atoms with Crippen LogP contribution < -0.4 is 10.4 Å². The average molecular weight is 537 g/mol. The highest BCUT2D eigenvalue weighted by atomic mass is 14.9. The van der Waals surface area contributed by atoms with E-state index in [0.29, 0.717) is 46.1 Å². The molecule has 7 rings (SSSR count). The molecule has 0 aliphatic heterocycles. The Morgan fingerprint density at radius 3 is 1.36 bits per heavy atom. The summed E-state index contributed by atoms with van der Waals surface area (Å²) in [6.07, 6.45) is 7.51. The smallest absolute Gasteiger partial charge is 0.237 e. The Labute approximate surface area is 240 Å². The lowest BCUT2D eigenvalue weighted by atomic mass is 9.88. The molecular weight excluding hydrogens is 520 g/mol. The quantitative estimate of drug-likeness (QED) is 0.293. The van der Waals surface area contributed by atoms with E-state index in [1.165, 1.54) is 0 Å². The fourth-order valence-corrected chi connectivity index (χ4v) is 6.27. The van der Waals surface area contributed by atoms with Gasteiger partial charge >= 0.3 is 0 Å². The van der Waals surface area contributed by atoms with E-state index in [-0.39, 0.29) is 11.4 Å². The molecule has 0 spiro atoms. The van der Waals surface area contributed by atoms with Gasteiger partial charge in [-0.15, -0.1) is 0 Å². The summed E-state index contributed by atoms with van der Waals surface area (Å²) in [7, 11) is 0. The van der Waals surface area contributed by atoms with Crippen molar-refractivity contribution in [3.8, 4) is 57.2 Å². The molecule has 2 aromatic heterocycles. The zero-order valence-corrected chi connectivity index (χ0v) is 21.9. The van der Waals surface area contributed by atoms with Crippen LogP contribution in [-0.2, 0) is 12.8 Å². The van der Waals surface area contributed by atoms with E-state index in [1.807, 2.05) is 36.4 Å². The van der Waals surface area contributed by atoms with Crippen molar-refractivity contribution in [2.24, 2.45) is 0 Å². The number of hydrogen-bond donors (Lipinski definition) is 0. The Hall–Kier alpha value is -6.48. The Balaban J connectivity index is 1.73. The standard InChI is InChI=1S/C34H16N8/c1-37-25(17-35)29-23-15-19-7-3-10-22(34-41-13-6-14-42-34)28(19)32(23)30(26(18-36)38-2)24-16-20-8-4-9-21(27(20)31(24)29)33-39-11-5-12-40-33/h3-14H,15-16H2/b29-25-,30-26+. The van der Waals surface area contributed by atoms with Crippen molar-refractivity contribution in [1.29, 1.82) is 10.5 Å². The first-order valence-electron chi connectivity index (χ1n) is 13.0. The molecule has 0 unspecified atom stereocenters. The van der Waals surface area contributed by atoms with Gasteiger partial charge in [0, 0.05) is 46.4 Å². The van der Waals surface area contributed by atoms with Crippen LogP contribution in [0.15, 0.2) is 73.3 Å². The second-order valence-corrected chi connectivity index (χ2v) is 9.78. The van der Waals surface area contributed by atoms with Crippen LogP contribution in [0.1, 0.15) is 22.3 Å². The fourth-order valence-electron chi connectivity index (χ4n) is 6.27. The molecule has 0 atom stereocenters. The van der Waals surface area contributed by atoms with Gasteiger partial charge in [0.1, 0.15) is 0 Å². The van der Waals surface area contributed by atoms with E-state index in [1.54, 1.807) is 36.9 Å². The Morgan fingerprint density at radius 1 is 0.595 bits per heavy atom. The molecule has 8 heteroatoms. The van der Waals surface area contributed by atoms with Gasteiger partial charge in [0.05, 0.1) is 25.3 Å². The van der Waals surface area contributed by atoms with Gasteiger partial charge in [0.15, 0.2) is 11.6 Å². The zero-order chi connectivity index (χ0) is 28.8. The zero-order valence-electron chi connectivity index (χ0n) is 21.9. The third-order valence-corrected chi connectivity index (χ3v) is 7.77. The lowest BCUT2D eigenvalue weighted by Gasteiger charge is -2.16. The molecule has 0 fully saturated rings. The molecule has 3 aromatic carbocycles. The minimum absolute atomic E-state index is 0.0441. The van der Waals surface area contributed by atoms with E-state index in [9.17, 15) is 10.5 Å². The van der Waals surface area contributed by atoms with Gasteiger partial charge in [-0.1, -0.05) is 36.4 Å². The molecule has 2 aliphatic carbocycles. The lowest BCUT2D eigenvalue weighted by Crippen LogP contribution is -2.26. The number of hydrogen-bond acceptors (Lipinski definition) is 6. The number of benzene rings is 3. The van der Waals surface area contributed by atoms with Crippen molar-refractivity contribution in [2.45, 2.75) is 12.8 Å². The van der Waals surface area contributed by atoms with Crippen molar-refractivity contribution in [1.82, 2.24) is 19.9 Å². The summed E-state index contributed by atoms with van der Waals surface area (Å²) in [4.78, 5) is 25.3. The van der Waals surface area contributed by atoms with Crippen LogP contribution in [0, 0.1) is 35.8 Å². The molecule has 0 amide bonds. The van der Waals surface area contributed by atoms with Gasteiger partial charge in [0.25, 0.3) is 11.4 Å². The van der Waals surface area contributed by atoms with E-state index in [2.05, 4.69) is 41.8 Å². The molecule has 0 saturated heterocycles. The second-order valence-electron chi connectivity index (χ2n) is 9.78. The molecule has 192 valence electrons. The number of rotatable bonds is 2. The minimum atomic E-state index is -0.0441. The van der Waals surface area contributed by atoms with E-state index < -0.39 is 0 Å². The predicted molar refractivity (Wildman–Crippen MR) is 155 cm³/mol. The van der Waals surface area contributed by atoms with Crippen molar-refractivity contribution in [2.75, 3.05) is 0 Å². The summed E-state index contributed by atoms with van der Waals surface area (Å²) in [5.74, 6) is 1.02. The topological polar surface area (TPSA) is 108 Å². The van der Waals surface area contributed by atoms with Crippen LogP contribution in [-0.4, -0.2) is 19.9 Å². The number of fused-ring (bicyclic) bond motifs is 6.